The Labute approximate surface area is 148 Å². The van der Waals surface area contributed by atoms with Gasteiger partial charge < -0.3 is 10.1 Å². The minimum Gasteiger partial charge on any atom is -0.490 e. The molecule has 2 aromatic heterocycles. The highest BCUT2D eigenvalue weighted by atomic mass is 16.5. The van der Waals surface area contributed by atoms with Gasteiger partial charge in [-0.05, 0) is 50.8 Å². The van der Waals surface area contributed by atoms with Crippen LogP contribution in [0.1, 0.15) is 50.0 Å². The zero-order valence-electron chi connectivity index (χ0n) is 14.6. The summed E-state index contributed by atoms with van der Waals surface area (Å²) in [5, 5.41) is 12.1. The number of hydrogen-bond donors (Lipinski definition) is 1. The summed E-state index contributed by atoms with van der Waals surface area (Å²) in [7, 11) is 0. The fourth-order valence-corrected chi connectivity index (χ4v) is 3.46. The normalized spacial score (nSPS) is 16.4. The first kappa shape index (κ1) is 16.1. The molecule has 25 heavy (non-hydrogen) atoms. The second-order valence-corrected chi connectivity index (χ2v) is 6.72. The summed E-state index contributed by atoms with van der Waals surface area (Å²) in [6, 6.07) is 14.3. The Morgan fingerprint density at radius 1 is 1.12 bits per heavy atom. The van der Waals surface area contributed by atoms with Gasteiger partial charge in [0.15, 0.2) is 11.5 Å². The first-order chi connectivity index (χ1) is 12.3. The van der Waals surface area contributed by atoms with Gasteiger partial charge in [0.05, 0.1) is 12.1 Å². The van der Waals surface area contributed by atoms with Gasteiger partial charge in [-0.1, -0.05) is 24.3 Å². The van der Waals surface area contributed by atoms with E-state index in [-0.39, 0.29) is 6.04 Å². The average molecular weight is 336 g/mol. The lowest BCUT2D eigenvalue weighted by Gasteiger charge is -2.18. The first-order valence-electron chi connectivity index (χ1n) is 9.09. The van der Waals surface area contributed by atoms with Crippen molar-refractivity contribution in [3.63, 3.8) is 0 Å². The van der Waals surface area contributed by atoms with Crippen LogP contribution in [-0.2, 0) is 6.54 Å². The van der Waals surface area contributed by atoms with E-state index in [0.29, 0.717) is 6.10 Å². The minimum absolute atomic E-state index is 0.0944. The Morgan fingerprint density at radius 3 is 2.80 bits per heavy atom. The summed E-state index contributed by atoms with van der Waals surface area (Å²) in [6.45, 7) is 2.86. The quantitative estimate of drug-likeness (QED) is 0.742. The third kappa shape index (κ3) is 3.51. The van der Waals surface area contributed by atoms with Gasteiger partial charge in [0.2, 0.25) is 0 Å². The molecule has 0 spiro atoms. The van der Waals surface area contributed by atoms with E-state index in [2.05, 4.69) is 40.6 Å². The molecule has 1 aliphatic carbocycles. The number of rotatable bonds is 6. The van der Waals surface area contributed by atoms with Gasteiger partial charge >= 0.3 is 0 Å². The minimum atomic E-state index is 0.0944. The molecule has 1 atom stereocenters. The highest BCUT2D eigenvalue weighted by Gasteiger charge is 2.18. The van der Waals surface area contributed by atoms with E-state index in [1.165, 1.54) is 31.2 Å². The molecule has 1 aromatic carbocycles. The molecule has 1 N–H and O–H groups in total. The Kier molecular flexibility index (Phi) is 4.65. The molecule has 5 heteroatoms. The topological polar surface area (TPSA) is 51.5 Å². The molecule has 3 aromatic rings. The van der Waals surface area contributed by atoms with Crippen LogP contribution in [0.2, 0.25) is 0 Å². The molecule has 130 valence electrons. The molecule has 1 aliphatic rings. The number of hydrogen-bond acceptors (Lipinski definition) is 4. The van der Waals surface area contributed by atoms with Gasteiger partial charge in [0.1, 0.15) is 5.75 Å². The number of benzene rings is 1. The maximum Gasteiger partial charge on any atom is 0.160 e. The summed E-state index contributed by atoms with van der Waals surface area (Å²) < 4.78 is 8.25. The van der Waals surface area contributed by atoms with Crippen LogP contribution >= 0.6 is 0 Å². The van der Waals surface area contributed by atoms with Crippen LogP contribution in [-0.4, -0.2) is 20.7 Å². The maximum atomic E-state index is 6.23. The monoisotopic (exact) mass is 336 g/mol. The zero-order valence-corrected chi connectivity index (χ0v) is 14.6. The standard InChI is InChI=1S/C20H24N4O/c1-15(20-23-22-19-12-6-7-13-24(19)20)21-14-16-8-2-5-11-18(16)25-17-9-3-4-10-17/h2,5-8,11-13,15,17,21H,3-4,9-10,14H2,1H3/t15-/m0/s1. The van der Waals surface area contributed by atoms with Crippen molar-refractivity contribution in [1.29, 1.82) is 0 Å². The predicted octanol–water partition coefficient (Wildman–Crippen LogP) is 3.90. The van der Waals surface area contributed by atoms with Crippen molar-refractivity contribution in [3.8, 4) is 5.75 Å². The van der Waals surface area contributed by atoms with E-state index in [4.69, 9.17) is 4.74 Å². The zero-order chi connectivity index (χ0) is 17.1. The molecule has 0 saturated heterocycles. The summed E-state index contributed by atoms with van der Waals surface area (Å²) >= 11 is 0. The molecule has 2 heterocycles. The number of nitrogens with one attached hydrogen (secondary N) is 1. The van der Waals surface area contributed by atoms with Gasteiger partial charge in [-0.15, -0.1) is 10.2 Å². The lowest BCUT2D eigenvalue weighted by Crippen LogP contribution is -2.21. The molecule has 0 radical (unpaired) electrons. The SMILES string of the molecule is C[C@H](NCc1ccccc1OC1CCCC1)c1nnc2ccccn12. The predicted molar refractivity (Wildman–Crippen MR) is 97.6 cm³/mol. The summed E-state index contributed by atoms with van der Waals surface area (Å²) in [5.74, 6) is 1.92. The highest BCUT2D eigenvalue weighted by Crippen LogP contribution is 2.27. The largest absolute Gasteiger partial charge is 0.490 e. The molecular weight excluding hydrogens is 312 g/mol. The van der Waals surface area contributed by atoms with E-state index in [9.17, 15) is 0 Å². The third-order valence-corrected chi connectivity index (χ3v) is 4.89. The average Bonchev–Trinajstić information content (AvgIpc) is 3.30. The number of aromatic nitrogens is 3. The summed E-state index contributed by atoms with van der Waals surface area (Å²) in [6.07, 6.45) is 7.27. The molecular formula is C20H24N4O. The van der Waals surface area contributed by atoms with Gasteiger partial charge in [-0.2, -0.15) is 0 Å². The van der Waals surface area contributed by atoms with Crippen molar-refractivity contribution >= 4 is 5.65 Å². The lowest BCUT2D eigenvalue weighted by molar-refractivity contribution is 0.207. The molecule has 0 aliphatic heterocycles. The van der Waals surface area contributed by atoms with Crippen LogP contribution in [0.5, 0.6) is 5.75 Å². The molecule has 0 amide bonds. The lowest BCUT2D eigenvalue weighted by atomic mass is 10.1. The van der Waals surface area contributed by atoms with Crippen LogP contribution in [0.3, 0.4) is 0 Å². The maximum absolute atomic E-state index is 6.23. The number of nitrogens with zero attached hydrogens (tertiary/aromatic N) is 3. The number of fused-ring (bicyclic) bond motifs is 1. The Bertz CT molecular complexity index is 838. The van der Waals surface area contributed by atoms with E-state index < -0.39 is 0 Å². The van der Waals surface area contributed by atoms with Crippen molar-refractivity contribution in [2.45, 2.75) is 51.3 Å². The second kappa shape index (κ2) is 7.23. The summed E-state index contributed by atoms with van der Waals surface area (Å²) in [4.78, 5) is 0. The van der Waals surface area contributed by atoms with Crippen molar-refractivity contribution in [2.24, 2.45) is 0 Å². The fourth-order valence-electron chi connectivity index (χ4n) is 3.46. The van der Waals surface area contributed by atoms with Gasteiger partial charge in [-0.3, -0.25) is 4.40 Å². The van der Waals surface area contributed by atoms with Crippen molar-refractivity contribution < 1.29 is 4.74 Å². The first-order valence-corrected chi connectivity index (χ1v) is 9.09. The molecule has 1 fully saturated rings. The molecule has 4 rings (SSSR count). The highest BCUT2D eigenvalue weighted by molar-refractivity contribution is 5.37. The van der Waals surface area contributed by atoms with Crippen LogP contribution < -0.4 is 10.1 Å². The Balaban J connectivity index is 1.45. The van der Waals surface area contributed by atoms with Crippen LogP contribution in [0.15, 0.2) is 48.7 Å². The van der Waals surface area contributed by atoms with Crippen molar-refractivity contribution in [2.75, 3.05) is 0 Å². The van der Waals surface area contributed by atoms with E-state index in [1.807, 2.05) is 34.9 Å². The van der Waals surface area contributed by atoms with Crippen LogP contribution in [0.25, 0.3) is 5.65 Å². The second-order valence-electron chi connectivity index (χ2n) is 6.72. The van der Waals surface area contributed by atoms with Crippen LogP contribution in [0.4, 0.5) is 0 Å². The number of ether oxygens (including phenoxy) is 1. The smallest absolute Gasteiger partial charge is 0.160 e. The molecule has 0 unspecified atom stereocenters. The van der Waals surface area contributed by atoms with E-state index >= 15 is 0 Å². The van der Waals surface area contributed by atoms with E-state index in [0.717, 1.165) is 23.8 Å². The van der Waals surface area contributed by atoms with Crippen molar-refractivity contribution in [1.82, 2.24) is 19.9 Å². The van der Waals surface area contributed by atoms with E-state index in [1.54, 1.807) is 0 Å². The molecule has 0 bridgehead atoms. The van der Waals surface area contributed by atoms with Gasteiger partial charge in [0.25, 0.3) is 0 Å². The third-order valence-electron chi connectivity index (χ3n) is 4.89. The Morgan fingerprint density at radius 2 is 1.92 bits per heavy atom. The number of pyridine rings is 1. The Hall–Kier alpha value is -2.40. The van der Waals surface area contributed by atoms with Gasteiger partial charge in [-0.25, -0.2) is 0 Å². The number of para-hydroxylation sites is 1. The van der Waals surface area contributed by atoms with Crippen LogP contribution in [0, 0.1) is 0 Å². The van der Waals surface area contributed by atoms with Gasteiger partial charge in [0, 0.05) is 18.3 Å². The molecule has 1 saturated carbocycles. The van der Waals surface area contributed by atoms with Crippen molar-refractivity contribution in [3.05, 3.63) is 60.0 Å². The fraction of sp³-hybridized carbons (Fsp3) is 0.400. The summed E-state index contributed by atoms with van der Waals surface area (Å²) in [5.41, 5.74) is 2.06. The molecule has 5 nitrogen and oxygen atoms in total.